The summed E-state index contributed by atoms with van der Waals surface area (Å²) in [4.78, 5) is 16.2. The second kappa shape index (κ2) is 6.95. The van der Waals surface area contributed by atoms with E-state index in [2.05, 4.69) is 22.0 Å². The van der Waals surface area contributed by atoms with Crippen LogP contribution in [0, 0.1) is 0 Å². The van der Waals surface area contributed by atoms with Crippen molar-refractivity contribution in [3.8, 4) is 0 Å². The van der Waals surface area contributed by atoms with Crippen LogP contribution in [0.1, 0.15) is 42.6 Å². The Balaban J connectivity index is 1.93. The number of hydrogen-bond donors (Lipinski definition) is 3. The Morgan fingerprint density at radius 2 is 2.15 bits per heavy atom. The number of amides is 1. The molecule has 0 atom stereocenters. The highest BCUT2D eigenvalue weighted by Gasteiger charge is 2.31. The number of aromatic nitrogens is 1. The van der Waals surface area contributed by atoms with Gasteiger partial charge in [0, 0.05) is 11.3 Å². The van der Waals surface area contributed by atoms with Crippen molar-refractivity contribution in [2.75, 3.05) is 18.2 Å². The van der Waals surface area contributed by atoms with E-state index >= 15 is 0 Å². The molecule has 0 aromatic carbocycles. The molecule has 6 heteroatoms. The molecule has 1 aliphatic rings. The van der Waals surface area contributed by atoms with E-state index in [0.29, 0.717) is 17.9 Å². The highest BCUT2D eigenvalue weighted by Crippen LogP contribution is 2.37. The third kappa shape index (κ3) is 3.64. The number of nitrogens with two attached hydrogens (primary N) is 1. The maximum Gasteiger partial charge on any atom is 0.269 e. The molecule has 1 fully saturated rings. The average Bonchev–Trinajstić information content (AvgIpc) is 2.53. The summed E-state index contributed by atoms with van der Waals surface area (Å²) in [5.74, 6) is 5.16. The highest BCUT2D eigenvalue weighted by atomic mass is 32.2. The van der Waals surface area contributed by atoms with Crippen LogP contribution in [0.25, 0.3) is 0 Å². The second-order valence-corrected chi connectivity index (χ2v) is 6.48. The average molecular weight is 294 g/mol. The van der Waals surface area contributed by atoms with Gasteiger partial charge in [-0.05, 0) is 31.2 Å². The van der Waals surface area contributed by atoms with E-state index in [1.165, 1.54) is 32.1 Å². The first kappa shape index (κ1) is 15.1. The Kier molecular flexibility index (Phi) is 5.25. The summed E-state index contributed by atoms with van der Waals surface area (Å²) in [6, 6.07) is 3.42. The SMILES string of the molecule is CSC1(CNC(=O)c2ccc(NN)cn2)CCCCC1. The molecule has 4 N–H and O–H groups in total. The van der Waals surface area contributed by atoms with Gasteiger partial charge in [-0.25, -0.2) is 4.98 Å². The van der Waals surface area contributed by atoms with E-state index < -0.39 is 0 Å². The molecule has 110 valence electrons. The number of rotatable bonds is 5. The smallest absolute Gasteiger partial charge is 0.269 e. The fourth-order valence-electron chi connectivity index (χ4n) is 2.59. The number of thioether (sulfide) groups is 1. The minimum Gasteiger partial charge on any atom is -0.349 e. The van der Waals surface area contributed by atoms with Gasteiger partial charge >= 0.3 is 0 Å². The number of hydrogen-bond acceptors (Lipinski definition) is 5. The second-order valence-electron chi connectivity index (χ2n) is 5.21. The topological polar surface area (TPSA) is 80.0 Å². The molecule has 1 amide bonds. The van der Waals surface area contributed by atoms with Crippen molar-refractivity contribution in [1.82, 2.24) is 10.3 Å². The number of carbonyl (C=O) groups is 1. The number of nitrogens with zero attached hydrogens (tertiary/aromatic N) is 1. The first-order chi connectivity index (χ1) is 9.69. The molecule has 0 spiro atoms. The summed E-state index contributed by atoms with van der Waals surface area (Å²) >= 11 is 1.87. The predicted octanol–water partition coefficient (Wildman–Crippen LogP) is 2.16. The van der Waals surface area contributed by atoms with Crippen LogP contribution in [0.4, 0.5) is 5.69 Å². The summed E-state index contributed by atoms with van der Waals surface area (Å²) in [5, 5.41) is 3.02. The van der Waals surface area contributed by atoms with Crippen molar-refractivity contribution in [1.29, 1.82) is 0 Å². The Labute approximate surface area is 124 Å². The predicted molar refractivity (Wildman–Crippen MR) is 83.7 cm³/mol. The van der Waals surface area contributed by atoms with Gasteiger partial charge in [-0.1, -0.05) is 19.3 Å². The number of nitrogen functional groups attached to an aromatic ring is 1. The van der Waals surface area contributed by atoms with Crippen molar-refractivity contribution in [3.63, 3.8) is 0 Å². The Morgan fingerprint density at radius 1 is 1.40 bits per heavy atom. The van der Waals surface area contributed by atoms with Crippen LogP contribution in [-0.4, -0.2) is 28.4 Å². The van der Waals surface area contributed by atoms with Gasteiger partial charge in [0.15, 0.2) is 0 Å². The molecule has 0 saturated heterocycles. The summed E-state index contributed by atoms with van der Waals surface area (Å²) in [5.41, 5.74) is 3.61. The lowest BCUT2D eigenvalue weighted by molar-refractivity contribution is 0.0942. The van der Waals surface area contributed by atoms with Crippen molar-refractivity contribution in [2.45, 2.75) is 36.9 Å². The zero-order chi connectivity index (χ0) is 14.4. The molecule has 1 aliphatic carbocycles. The summed E-state index contributed by atoms with van der Waals surface area (Å²) in [6.45, 7) is 0.714. The lowest BCUT2D eigenvalue weighted by atomic mass is 9.88. The number of anilines is 1. The Bertz CT molecular complexity index is 443. The van der Waals surface area contributed by atoms with Gasteiger partial charge in [0.05, 0.1) is 11.9 Å². The zero-order valence-corrected chi connectivity index (χ0v) is 12.6. The largest absolute Gasteiger partial charge is 0.349 e. The number of carbonyl (C=O) groups excluding carboxylic acids is 1. The molecule has 0 radical (unpaired) electrons. The zero-order valence-electron chi connectivity index (χ0n) is 11.8. The third-order valence-electron chi connectivity index (χ3n) is 3.93. The minimum absolute atomic E-state index is 0.118. The van der Waals surface area contributed by atoms with Crippen LogP contribution in [0.2, 0.25) is 0 Å². The number of pyridine rings is 1. The molecule has 0 bridgehead atoms. The van der Waals surface area contributed by atoms with Crippen LogP contribution in [0.3, 0.4) is 0 Å². The van der Waals surface area contributed by atoms with E-state index in [1.807, 2.05) is 11.8 Å². The van der Waals surface area contributed by atoms with Gasteiger partial charge in [0.1, 0.15) is 5.69 Å². The molecule has 1 aromatic rings. The molecule has 0 aliphatic heterocycles. The summed E-state index contributed by atoms with van der Waals surface area (Å²) in [7, 11) is 0. The van der Waals surface area contributed by atoms with E-state index in [0.717, 1.165) is 0 Å². The monoisotopic (exact) mass is 294 g/mol. The minimum atomic E-state index is -0.118. The normalized spacial score (nSPS) is 17.5. The van der Waals surface area contributed by atoms with E-state index in [4.69, 9.17) is 5.84 Å². The quantitative estimate of drug-likeness (QED) is 0.573. The molecule has 5 nitrogen and oxygen atoms in total. The van der Waals surface area contributed by atoms with Crippen LogP contribution >= 0.6 is 11.8 Å². The van der Waals surface area contributed by atoms with Gasteiger partial charge in [-0.2, -0.15) is 11.8 Å². The van der Waals surface area contributed by atoms with Gasteiger partial charge in [0.25, 0.3) is 5.91 Å². The molecular weight excluding hydrogens is 272 g/mol. The van der Waals surface area contributed by atoms with E-state index in [1.54, 1.807) is 18.3 Å². The molecule has 0 unspecified atom stereocenters. The maximum absolute atomic E-state index is 12.1. The van der Waals surface area contributed by atoms with Crippen LogP contribution in [0.5, 0.6) is 0 Å². The lowest BCUT2D eigenvalue weighted by Gasteiger charge is -2.35. The first-order valence-electron chi connectivity index (χ1n) is 6.95. The van der Waals surface area contributed by atoms with E-state index in [9.17, 15) is 4.79 Å². The van der Waals surface area contributed by atoms with Crippen molar-refractivity contribution in [2.24, 2.45) is 5.84 Å². The molecular formula is C14H22N4OS. The van der Waals surface area contributed by atoms with Gasteiger partial charge < -0.3 is 10.7 Å². The number of hydrazine groups is 1. The Morgan fingerprint density at radius 3 is 2.70 bits per heavy atom. The number of nitrogens with one attached hydrogen (secondary N) is 2. The van der Waals surface area contributed by atoms with Crippen molar-refractivity contribution >= 4 is 23.4 Å². The fraction of sp³-hybridized carbons (Fsp3) is 0.571. The molecule has 20 heavy (non-hydrogen) atoms. The molecule has 2 rings (SSSR count). The maximum atomic E-state index is 12.1. The first-order valence-corrected chi connectivity index (χ1v) is 8.18. The Hall–Kier alpha value is -1.27. The lowest BCUT2D eigenvalue weighted by Crippen LogP contribution is -2.42. The van der Waals surface area contributed by atoms with E-state index in [-0.39, 0.29) is 10.7 Å². The standard InChI is InChI=1S/C14H22N4OS/c1-20-14(7-3-2-4-8-14)10-17-13(19)12-6-5-11(18-15)9-16-12/h5-6,9,18H,2-4,7-8,10,15H2,1H3,(H,17,19). The van der Waals surface area contributed by atoms with Crippen LogP contribution in [-0.2, 0) is 0 Å². The summed E-state index contributed by atoms with van der Waals surface area (Å²) < 4.78 is 0.201. The van der Waals surface area contributed by atoms with Gasteiger partial charge in [-0.3, -0.25) is 10.6 Å². The van der Waals surface area contributed by atoms with Gasteiger partial charge in [-0.15, -0.1) is 0 Å². The van der Waals surface area contributed by atoms with Gasteiger partial charge in [0.2, 0.25) is 0 Å². The fourth-order valence-corrected chi connectivity index (χ4v) is 3.51. The molecule has 1 aromatic heterocycles. The van der Waals surface area contributed by atoms with Crippen LogP contribution in [0.15, 0.2) is 18.3 Å². The molecule has 1 saturated carbocycles. The molecule has 1 heterocycles. The third-order valence-corrected chi connectivity index (χ3v) is 5.35. The van der Waals surface area contributed by atoms with Crippen molar-refractivity contribution < 1.29 is 4.79 Å². The highest BCUT2D eigenvalue weighted by molar-refractivity contribution is 8.00. The van der Waals surface area contributed by atoms with Crippen LogP contribution < -0.4 is 16.6 Å². The summed E-state index contributed by atoms with van der Waals surface area (Å²) in [6.07, 6.45) is 9.87. The van der Waals surface area contributed by atoms with Crippen molar-refractivity contribution in [3.05, 3.63) is 24.0 Å².